The van der Waals surface area contributed by atoms with Gasteiger partial charge in [-0.3, -0.25) is 9.69 Å². The number of benzene rings is 1. The zero-order valence-electron chi connectivity index (χ0n) is 13.4. The number of nitrogens with zero attached hydrogens (tertiary/aromatic N) is 1. The third-order valence-electron chi connectivity index (χ3n) is 4.38. The highest BCUT2D eigenvalue weighted by Crippen LogP contribution is 2.20. The van der Waals surface area contributed by atoms with Gasteiger partial charge in [0, 0.05) is 26.2 Å². The van der Waals surface area contributed by atoms with Crippen LogP contribution in [-0.4, -0.2) is 42.5 Å². The van der Waals surface area contributed by atoms with Crippen molar-refractivity contribution in [2.45, 2.75) is 38.8 Å². The fourth-order valence-electron chi connectivity index (χ4n) is 2.81. The molecule has 1 saturated heterocycles. The fraction of sp³-hybridized carbons (Fsp3) is 0.588. The minimum absolute atomic E-state index is 0.0842. The molecular weight excluding hydrogens is 262 g/mol. The number of carbonyl (C=O) groups is 1. The summed E-state index contributed by atoms with van der Waals surface area (Å²) in [6.07, 6.45) is 0.896. The standard InChI is InChI=1S/C17H27N3O/c1-4-15(14-8-6-5-7-9-14)19-16(21)17(2,3)20-12-10-18-11-13-20/h5-9,15,18H,4,10-13H2,1-3H3,(H,19,21). The van der Waals surface area contributed by atoms with E-state index in [4.69, 9.17) is 0 Å². The molecule has 0 aliphatic carbocycles. The molecule has 1 fully saturated rings. The molecule has 1 aromatic rings. The van der Waals surface area contributed by atoms with Crippen molar-refractivity contribution < 1.29 is 4.79 Å². The van der Waals surface area contributed by atoms with Gasteiger partial charge in [0.15, 0.2) is 0 Å². The van der Waals surface area contributed by atoms with Gasteiger partial charge in [0.2, 0.25) is 5.91 Å². The minimum Gasteiger partial charge on any atom is -0.348 e. The Kier molecular flexibility index (Phi) is 5.37. The van der Waals surface area contributed by atoms with Crippen LogP contribution in [-0.2, 0) is 4.79 Å². The Morgan fingerprint density at radius 3 is 2.48 bits per heavy atom. The van der Waals surface area contributed by atoms with Crippen LogP contribution in [0.2, 0.25) is 0 Å². The van der Waals surface area contributed by atoms with E-state index >= 15 is 0 Å². The van der Waals surface area contributed by atoms with E-state index < -0.39 is 5.54 Å². The molecule has 0 aromatic heterocycles. The first-order chi connectivity index (χ1) is 10.1. The van der Waals surface area contributed by atoms with Crippen LogP contribution in [0.4, 0.5) is 0 Å². The molecule has 2 rings (SSSR count). The lowest BCUT2D eigenvalue weighted by molar-refractivity contribution is -0.133. The molecule has 21 heavy (non-hydrogen) atoms. The van der Waals surface area contributed by atoms with Gasteiger partial charge in [-0.15, -0.1) is 0 Å². The van der Waals surface area contributed by atoms with Gasteiger partial charge < -0.3 is 10.6 Å². The number of piperazine rings is 1. The molecule has 0 spiro atoms. The van der Waals surface area contributed by atoms with E-state index in [-0.39, 0.29) is 11.9 Å². The Morgan fingerprint density at radius 2 is 1.90 bits per heavy atom. The molecule has 1 unspecified atom stereocenters. The highest BCUT2D eigenvalue weighted by Gasteiger charge is 2.35. The van der Waals surface area contributed by atoms with Crippen LogP contribution in [0.3, 0.4) is 0 Å². The zero-order valence-corrected chi connectivity index (χ0v) is 13.4. The molecule has 4 heteroatoms. The van der Waals surface area contributed by atoms with Crippen LogP contribution in [0.1, 0.15) is 38.8 Å². The van der Waals surface area contributed by atoms with Crippen molar-refractivity contribution in [3.63, 3.8) is 0 Å². The Balaban J connectivity index is 2.04. The minimum atomic E-state index is -0.468. The maximum absolute atomic E-state index is 12.7. The van der Waals surface area contributed by atoms with E-state index in [1.165, 1.54) is 5.56 Å². The van der Waals surface area contributed by atoms with E-state index in [0.717, 1.165) is 32.6 Å². The van der Waals surface area contributed by atoms with Crippen LogP contribution in [0.25, 0.3) is 0 Å². The second kappa shape index (κ2) is 7.05. The first-order valence-electron chi connectivity index (χ1n) is 7.87. The van der Waals surface area contributed by atoms with Crippen molar-refractivity contribution in [1.82, 2.24) is 15.5 Å². The average molecular weight is 289 g/mol. The van der Waals surface area contributed by atoms with Gasteiger partial charge in [0.1, 0.15) is 0 Å². The summed E-state index contributed by atoms with van der Waals surface area (Å²) in [5, 5.41) is 6.55. The molecular formula is C17H27N3O. The second-order valence-electron chi connectivity index (χ2n) is 6.14. The fourth-order valence-corrected chi connectivity index (χ4v) is 2.81. The quantitative estimate of drug-likeness (QED) is 0.870. The number of hydrogen-bond donors (Lipinski definition) is 2. The Labute approximate surface area is 127 Å². The predicted molar refractivity (Wildman–Crippen MR) is 86.1 cm³/mol. The van der Waals surface area contributed by atoms with Crippen LogP contribution in [0.5, 0.6) is 0 Å². The predicted octanol–water partition coefficient (Wildman–Crippen LogP) is 1.94. The van der Waals surface area contributed by atoms with E-state index in [0.29, 0.717) is 0 Å². The summed E-state index contributed by atoms with van der Waals surface area (Å²) in [7, 11) is 0. The number of hydrogen-bond acceptors (Lipinski definition) is 3. The van der Waals surface area contributed by atoms with Gasteiger partial charge in [-0.1, -0.05) is 37.3 Å². The van der Waals surface area contributed by atoms with E-state index in [9.17, 15) is 4.79 Å². The number of amides is 1. The summed E-state index contributed by atoms with van der Waals surface area (Å²) >= 11 is 0. The molecule has 2 N–H and O–H groups in total. The van der Waals surface area contributed by atoms with Gasteiger partial charge in [0.05, 0.1) is 11.6 Å². The first-order valence-corrected chi connectivity index (χ1v) is 7.87. The van der Waals surface area contributed by atoms with Crippen molar-refractivity contribution in [3.8, 4) is 0 Å². The molecule has 116 valence electrons. The number of carbonyl (C=O) groups excluding carboxylic acids is 1. The zero-order chi connectivity index (χ0) is 15.3. The highest BCUT2D eigenvalue weighted by molar-refractivity contribution is 5.85. The third-order valence-corrected chi connectivity index (χ3v) is 4.38. The Morgan fingerprint density at radius 1 is 1.29 bits per heavy atom. The lowest BCUT2D eigenvalue weighted by Crippen LogP contribution is -2.60. The maximum atomic E-state index is 12.7. The molecule has 1 amide bonds. The van der Waals surface area contributed by atoms with Crippen molar-refractivity contribution in [3.05, 3.63) is 35.9 Å². The summed E-state index contributed by atoms with van der Waals surface area (Å²) in [4.78, 5) is 15.0. The molecule has 1 atom stereocenters. The SMILES string of the molecule is CCC(NC(=O)C(C)(C)N1CCNCC1)c1ccccc1. The molecule has 1 aromatic carbocycles. The van der Waals surface area contributed by atoms with Gasteiger partial charge in [-0.2, -0.15) is 0 Å². The molecule has 1 aliphatic heterocycles. The van der Waals surface area contributed by atoms with Crippen LogP contribution < -0.4 is 10.6 Å². The van der Waals surface area contributed by atoms with E-state index in [1.54, 1.807) is 0 Å². The summed E-state index contributed by atoms with van der Waals surface area (Å²) in [6, 6.07) is 10.3. The second-order valence-corrected chi connectivity index (χ2v) is 6.14. The number of nitrogens with one attached hydrogen (secondary N) is 2. The van der Waals surface area contributed by atoms with Crippen molar-refractivity contribution in [1.29, 1.82) is 0 Å². The van der Waals surface area contributed by atoms with Crippen molar-refractivity contribution >= 4 is 5.91 Å². The molecule has 1 aliphatic rings. The molecule has 1 heterocycles. The summed E-state index contributed by atoms with van der Waals surface area (Å²) in [6.45, 7) is 9.89. The maximum Gasteiger partial charge on any atom is 0.240 e. The first kappa shape index (κ1) is 16.0. The van der Waals surface area contributed by atoms with Crippen molar-refractivity contribution in [2.24, 2.45) is 0 Å². The average Bonchev–Trinajstić information content (AvgIpc) is 2.54. The summed E-state index contributed by atoms with van der Waals surface area (Å²) in [5.41, 5.74) is 0.703. The lowest BCUT2D eigenvalue weighted by Gasteiger charge is -2.40. The monoisotopic (exact) mass is 289 g/mol. The van der Waals surface area contributed by atoms with Gasteiger partial charge in [0.25, 0.3) is 0 Å². The van der Waals surface area contributed by atoms with Crippen molar-refractivity contribution in [2.75, 3.05) is 26.2 Å². The van der Waals surface area contributed by atoms with Crippen LogP contribution in [0.15, 0.2) is 30.3 Å². The van der Waals surface area contributed by atoms with Crippen LogP contribution >= 0.6 is 0 Å². The third kappa shape index (κ3) is 3.83. The number of rotatable bonds is 5. The Hall–Kier alpha value is -1.39. The lowest BCUT2D eigenvalue weighted by atomic mass is 9.98. The van der Waals surface area contributed by atoms with Gasteiger partial charge in [-0.25, -0.2) is 0 Å². The largest absolute Gasteiger partial charge is 0.348 e. The highest BCUT2D eigenvalue weighted by atomic mass is 16.2. The molecule has 4 nitrogen and oxygen atoms in total. The smallest absolute Gasteiger partial charge is 0.240 e. The van der Waals surface area contributed by atoms with E-state index in [1.807, 2.05) is 32.0 Å². The molecule has 0 bridgehead atoms. The Bertz CT molecular complexity index is 452. The van der Waals surface area contributed by atoms with Gasteiger partial charge in [-0.05, 0) is 25.8 Å². The van der Waals surface area contributed by atoms with E-state index in [2.05, 4.69) is 34.6 Å². The summed E-state index contributed by atoms with van der Waals surface area (Å²) < 4.78 is 0. The topological polar surface area (TPSA) is 44.4 Å². The van der Waals surface area contributed by atoms with Gasteiger partial charge >= 0.3 is 0 Å². The summed E-state index contributed by atoms with van der Waals surface area (Å²) in [5.74, 6) is 0.111. The molecule has 0 saturated carbocycles. The van der Waals surface area contributed by atoms with Crippen LogP contribution in [0, 0.1) is 0 Å². The normalized spacial score (nSPS) is 18.2. The molecule has 0 radical (unpaired) electrons.